The number of nitrogens with zero attached hydrogens (tertiary/aromatic N) is 5. The van der Waals surface area contributed by atoms with Crippen LogP contribution < -0.4 is 10.2 Å². The molecule has 7 heteroatoms. The second-order valence-electron chi connectivity index (χ2n) is 6.69. The summed E-state index contributed by atoms with van der Waals surface area (Å²) < 4.78 is 0. The maximum atomic E-state index is 12.3. The van der Waals surface area contributed by atoms with Gasteiger partial charge < -0.3 is 20.0 Å². The lowest BCUT2D eigenvalue weighted by atomic mass is 10.0. The molecule has 1 aromatic heterocycles. The molecule has 1 amide bonds. The maximum Gasteiger partial charge on any atom is 0.223 e. The molecule has 2 fully saturated rings. The average molecular weight is 332 g/mol. The SMILES string of the molecule is CN(CCC(=O)N1CCNCC1)C1CCCN(c2cccnn2)C1. The van der Waals surface area contributed by atoms with Crippen LogP contribution in [0.4, 0.5) is 5.82 Å². The standard InChI is InChI=1S/C17H28N6O/c1-21(11-6-17(24)22-12-8-18-9-13-22)15-4-3-10-23(14-15)16-5-2-7-19-20-16/h2,5,7,15,18H,3-4,6,8-14H2,1H3. The van der Waals surface area contributed by atoms with E-state index < -0.39 is 0 Å². The molecule has 2 aliphatic heterocycles. The summed E-state index contributed by atoms with van der Waals surface area (Å²) in [5, 5.41) is 11.5. The third-order valence-electron chi connectivity index (χ3n) is 5.05. The zero-order valence-electron chi connectivity index (χ0n) is 14.5. The zero-order chi connectivity index (χ0) is 16.8. The van der Waals surface area contributed by atoms with E-state index in [0.717, 1.165) is 58.1 Å². The van der Waals surface area contributed by atoms with E-state index in [-0.39, 0.29) is 5.91 Å². The van der Waals surface area contributed by atoms with Crippen molar-refractivity contribution in [2.24, 2.45) is 0 Å². The normalized spacial score (nSPS) is 22.0. The molecule has 2 saturated heterocycles. The quantitative estimate of drug-likeness (QED) is 0.831. The van der Waals surface area contributed by atoms with Gasteiger partial charge in [0.25, 0.3) is 0 Å². The Kier molecular flexibility index (Phi) is 5.98. The van der Waals surface area contributed by atoms with Gasteiger partial charge >= 0.3 is 0 Å². The summed E-state index contributed by atoms with van der Waals surface area (Å²) in [6.07, 6.45) is 4.64. The van der Waals surface area contributed by atoms with Gasteiger partial charge in [0.15, 0.2) is 5.82 Å². The molecule has 1 aromatic rings. The molecule has 7 nitrogen and oxygen atoms in total. The maximum absolute atomic E-state index is 12.3. The third-order valence-corrected chi connectivity index (χ3v) is 5.05. The van der Waals surface area contributed by atoms with Crippen LogP contribution in [0.15, 0.2) is 18.3 Å². The molecular formula is C17H28N6O. The number of carbonyl (C=O) groups is 1. The summed E-state index contributed by atoms with van der Waals surface area (Å²) in [6, 6.07) is 4.42. The minimum absolute atomic E-state index is 0.282. The Labute approximate surface area is 144 Å². The first-order valence-electron chi connectivity index (χ1n) is 8.95. The number of piperazine rings is 1. The Bertz CT molecular complexity index is 519. The van der Waals surface area contributed by atoms with E-state index in [1.807, 2.05) is 17.0 Å². The van der Waals surface area contributed by atoms with Crippen LogP contribution in [-0.2, 0) is 4.79 Å². The first kappa shape index (κ1) is 17.1. The van der Waals surface area contributed by atoms with E-state index in [4.69, 9.17) is 0 Å². The molecule has 2 aliphatic rings. The summed E-state index contributed by atoms with van der Waals surface area (Å²) in [7, 11) is 2.13. The fraction of sp³-hybridized carbons (Fsp3) is 0.706. The summed E-state index contributed by atoms with van der Waals surface area (Å²) in [5.41, 5.74) is 0. The highest BCUT2D eigenvalue weighted by atomic mass is 16.2. The molecule has 132 valence electrons. The van der Waals surface area contributed by atoms with Crippen molar-refractivity contribution < 1.29 is 4.79 Å². The molecule has 0 saturated carbocycles. The van der Waals surface area contributed by atoms with Crippen LogP contribution in [0, 0.1) is 0 Å². The topological polar surface area (TPSA) is 64.6 Å². The van der Waals surface area contributed by atoms with E-state index in [1.165, 1.54) is 6.42 Å². The van der Waals surface area contributed by atoms with E-state index in [2.05, 4.69) is 32.4 Å². The Morgan fingerprint density at radius 1 is 1.38 bits per heavy atom. The van der Waals surface area contributed by atoms with Crippen molar-refractivity contribution in [1.29, 1.82) is 0 Å². The van der Waals surface area contributed by atoms with Crippen LogP contribution in [0.2, 0.25) is 0 Å². The van der Waals surface area contributed by atoms with Crippen molar-refractivity contribution in [1.82, 2.24) is 25.3 Å². The lowest BCUT2D eigenvalue weighted by Crippen LogP contribution is -2.49. The average Bonchev–Trinajstić information content (AvgIpc) is 2.67. The monoisotopic (exact) mass is 332 g/mol. The van der Waals surface area contributed by atoms with Crippen LogP contribution in [0.3, 0.4) is 0 Å². The molecule has 0 aromatic carbocycles. The number of rotatable bonds is 5. The van der Waals surface area contributed by atoms with Crippen LogP contribution in [0.1, 0.15) is 19.3 Å². The number of piperidine rings is 1. The molecule has 3 heterocycles. The second kappa shape index (κ2) is 8.39. The molecule has 0 bridgehead atoms. The number of hydrogen-bond acceptors (Lipinski definition) is 6. The number of nitrogens with one attached hydrogen (secondary N) is 1. The van der Waals surface area contributed by atoms with E-state index in [1.54, 1.807) is 6.20 Å². The molecule has 0 spiro atoms. The van der Waals surface area contributed by atoms with Crippen LogP contribution >= 0.6 is 0 Å². The van der Waals surface area contributed by atoms with Crippen LogP contribution in [0.5, 0.6) is 0 Å². The van der Waals surface area contributed by atoms with Gasteiger partial charge in [-0.05, 0) is 32.0 Å². The zero-order valence-corrected chi connectivity index (χ0v) is 14.5. The van der Waals surface area contributed by atoms with Gasteiger partial charge in [0.2, 0.25) is 5.91 Å². The predicted molar refractivity (Wildman–Crippen MR) is 94.0 cm³/mol. The highest BCUT2D eigenvalue weighted by Gasteiger charge is 2.25. The molecule has 1 N–H and O–H groups in total. The molecule has 1 atom stereocenters. The fourth-order valence-corrected chi connectivity index (χ4v) is 3.51. The van der Waals surface area contributed by atoms with Gasteiger partial charge in [-0.1, -0.05) is 0 Å². The van der Waals surface area contributed by atoms with E-state index in [0.29, 0.717) is 12.5 Å². The fourth-order valence-electron chi connectivity index (χ4n) is 3.51. The van der Waals surface area contributed by atoms with Gasteiger partial charge in [0.1, 0.15) is 0 Å². The van der Waals surface area contributed by atoms with E-state index >= 15 is 0 Å². The van der Waals surface area contributed by atoms with Crippen molar-refractivity contribution in [3.8, 4) is 0 Å². The minimum atomic E-state index is 0.282. The molecule has 0 aliphatic carbocycles. The van der Waals surface area contributed by atoms with Gasteiger partial charge in [-0.2, -0.15) is 5.10 Å². The minimum Gasteiger partial charge on any atom is -0.354 e. The Morgan fingerprint density at radius 2 is 2.21 bits per heavy atom. The smallest absolute Gasteiger partial charge is 0.223 e. The lowest BCUT2D eigenvalue weighted by Gasteiger charge is -2.38. The largest absolute Gasteiger partial charge is 0.354 e. The van der Waals surface area contributed by atoms with Crippen molar-refractivity contribution in [3.63, 3.8) is 0 Å². The van der Waals surface area contributed by atoms with Crippen molar-refractivity contribution in [2.45, 2.75) is 25.3 Å². The van der Waals surface area contributed by atoms with Gasteiger partial charge in [-0.25, -0.2) is 0 Å². The Morgan fingerprint density at radius 3 is 2.96 bits per heavy atom. The van der Waals surface area contributed by atoms with Crippen LogP contribution in [0.25, 0.3) is 0 Å². The predicted octanol–water partition coefficient (Wildman–Crippen LogP) is 0.199. The molecule has 24 heavy (non-hydrogen) atoms. The second-order valence-corrected chi connectivity index (χ2v) is 6.69. The van der Waals surface area contributed by atoms with Gasteiger partial charge in [0.05, 0.1) is 0 Å². The van der Waals surface area contributed by atoms with Crippen LogP contribution in [-0.4, -0.2) is 84.8 Å². The number of hydrogen-bond donors (Lipinski definition) is 1. The van der Waals surface area contributed by atoms with Gasteiger partial charge in [-0.15, -0.1) is 5.10 Å². The summed E-state index contributed by atoms with van der Waals surface area (Å²) in [6.45, 7) is 6.31. The number of likely N-dealkylation sites (N-methyl/N-ethyl adjacent to an activating group) is 1. The first-order chi connectivity index (χ1) is 11.7. The molecule has 1 unspecified atom stereocenters. The van der Waals surface area contributed by atoms with Crippen molar-refractivity contribution >= 4 is 11.7 Å². The van der Waals surface area contributed by atoms with Crippen molar-refractivity contribution in [3.05, 3.63) is 18.3 Å². The number of anilines is 1. The van der Waals surface area contributed by atoms with E-state index in [9.17, 15) is 4.79 Å². The van der Waals surface area contributed by atoms with Gasteiger partial charge in [-0.3, -0.25) is 4.79 Å². The summed E-state index contributed by atoms with van der Waals surface area (Å²) >= 11 is 0. The van der Waals surface area contributed by atoms with Crippen molar-refractivity contribution in [2.75, 3.05) is 57.8 Å². The number of carbonyl (C=O) groups excluding carboxylic acids is 1. The summed E-state index contributed by atoms with van der Waals surface area (Å²) in [5.74, 6) is 1.23. The highest BCUT2D eigenvalue weighted by molar-refractivity contribution is 5.76. The first-order valence-corrected chi connectivity index (χ1v) is 8.95. The lowest BCUT2D eigenvalue weighted by molar-refractivity contribution is -0.132. The molecule has 3 rings (SSSR count). The van der Waals surface area contributed by atoms with Gasteiger partial charge in [0, 0.05) is 64.5 Å². The highest BCUT2D eigenvalue weighted by Crippen LogP contribution is 2.19. The molecule has 0 radical (unpaired) electrons. The Hall–Kier alpha value is -1.73. The Balaban J connectivity index is 1.47. The third kappa shape index (κ3) is 4.42. The molecular weight excluding hydrogens is 304 g/mol. The number of amides is 1. The summed E-state index contributed by atoms with van der Waals surface area (Å²) in [4.78, 5) is 18.9. The number of aromatic nitrogens is 2.